The van der Waals surface area contributed by atoms with Gasteiger partial charge in [0.05, 0.1) is 18.4 Å². The van der Waals surface area contributed by atoms with Crippen molar-refractivity contribution in [2.24, 2.45) is 17.3 Å². The zero-order valence-electron chi connectivity index (χ0n) is 14.0. The van der Waals surface area contributed by atoms with Gasteiger partial charge in [0.1, 0.15) is 6.10 Å². The molecular formula is C19H21NO3. The first-order valence-electron chi connectivity index (χ1n) is 7.69. The molecule has 0 bridgehead atoms. The van der Waals surface area contributed by atoms with E-state index in [0.29, 0.717) is 11.1 Å². The summed E-state index contributed by atoms with van der Waals surface area (Å²) >= 11 is 0. The van der Waals surface area contributed by atoms with Gasteiger partial charge in [-0.3, -0.25) is 9.59 Å². The van der Waals surface area contributed by atoms with Gasteiger partial charge in [0.2, 0.25) is 0 Å². The van der Waals surface area contributed by atoms with Crippen LogP contribution in [0.4, 0.5) is 0 Å². The van der Waals surface area contributed by atoms with Crippen molar-refractivity contribution in [3.05, 3.63) is 22.8 Å². The van der Waals surface area contributed by atoms with Crippen LogP contribution in [-0.2, 0) is 14.3 Å². The molecular weight excluding hydrogens is 290 g/mol. The van der Waals surface area contributed by atoms with E-state index in [0.717, 1.165) is 5.57 Å². The Balaban J connectivity index is 2.09. The zero-order valence-corrected chi connectivity index (χ0v) is 14.0. The van der Waals surface area contributed by atoms with E-state index < -0.39 is 6.10 Å². The third-order valence-corrected chi connectivity index (χ3v) is 4.97. The Morgan fingerprint density at radius 1 is 1.52 bits per heavy atom. The summed E-state index contributed by atoms with van der Waals surface area (Å²) in [5.41, 5.74) is 1.73. The predicted octanol–water partition coefficient (Wildman–Crippen LogP) is 2.95. The van der Waals surface area contributed by atoms with Crippen LogP contribution >= 0.6 is 0 Å². The van der Waals surface area contributed by atoms with Crippen molar-refractivity contribution in [3.8, 4) is 18.4 Å². The number of allylic oxidation sites excluding steroid dienone is 3. The molecule has 0 amide bonds. The molecule has 0 radical (unpaired) electrons. The van der Waals surface area contributed by atoms with Crippen LogP contribution in [0, 0.1) is 40.9 Å². The molecule has 2 aliphatic rings. The van der Waals surface area contributed by atoms with Gasteiger partial charge < -0.3 is 4.74 Å². The Labute approximate surface area is 137 Å². The quantitative estimate of drug-likeness (QED) is 0.455. The van der Waals surface area contributed by atoms with Crippen LogP contribution < -0.4 is 0 Å². The maximum Gasteiger partial charge on any atom is 0.310 e. The first kappa shape index (κ1) is 17.0. The van der Waals surface area contributed by atoms with E-state index >= 15 is 0 Å². The Bertz CT molecular complexity index is 697. The van der Waals surface area contributed by atoms with Crippen LogP contribution in [0.1, 0.15) is 40.5 Å². The van der Waals surface area contributed by atoms with E-state index in [2.05, 4.69) is 12.0 Å². The highest BCUT2D eigenvalue weighted by atomic mass is 16.5. The van der Waals surface area contributed by atoms with Crippen molar-refractivity contribution in [1.82, 2.24) is 0 Å². The normalized spacial score (nSPS) is 29.0. The van der Waals surface area contributed by atoms with Crippen LogP contribution in [0.2, 0.25) is 0 Å². The van der Waals surface area contributed by atoms with E-state index in [4.69, 9.17) is 16.4 Å². The molecule has 0 unspecified atom stereocenters. The second kappa shape index (κ2) is 6.05. The number of rotatable bonds is 4. The van der Waals surface area contributed by atoms with Gasteiger partial charge in [-0.15, -0.1) is 12.3 Å². The van der Waals surface area contributed by atoms with Crippen LogP contribution in [0.25, 0.3) is 0 Å². The molecule has 0 aromatic rings. The fraction of sp³-hybridized carbons (Fsp3) is 0.526. The predicted molar refractivity (Wildman–Crippen MR) is 85.8 cm³/mol. The van der Waals surface area contributed by atoms with Gasteiger partial charge in [0, 0.05) is 17.6 Å². The molecule has 120 valence electrons. The Morgan fingerprint density at radius 2 is 2.17 bits per heavy atom. The largest absolute Gasteiger partial charge is 0.457 e. The molecule has 3 atom stereocenters. The maximum atomic E-state index is 12.5. The molecule has 2 aliphatic carbocycles. The third kappa shape index (κ3) is 3.08. The minimum Gasteiger partial charge on any atom is -0.457 e. The summed E-state index contributed by atoms with van der Waals surface area (Å²) in [5.74, 6) is 1.86. The summed E-state index contributed by atoms with van der Waals surface area (Å²) in [6.07, 6.45) is 7.06. The molecule has 4 nitrogen and oxygen atoms in total. The maximum absolute atomic E-state index is 12.5. The van der Waals surface area contributed by atoms with Crippen molar-refractivity contribution < 1.29 is 14.3 Å². The molecule has 0 N–H and O–H groups in total. The Hall–Kier alpha value is -2.33. The molecule has 0 aromatic heterocycles. The standard InChI is InChI=1S/C19H21NO3/c1-6-7-13-12(3)16(9-15(13)21)23-18(22)17-14(19(17,4)5)8-11(2)10-20/h1,8,14,16-17H,7,9H2,2-5H3/b11-8-/t14-,16+,17+/m1/s1. The van der Waals surface area contributed by atoms with Gasteiger partial charge in [0.25, 0.3) is 0 Å². The lowest BCUT2D eigenvalue weighted by molar-refractivity contribution is -0.150. The molecule has 0 saturated heterocycles. The van der Waals surface area contributed by atoms with Gasteiger partial charge in [0.15, 0.2) is 5.78 Å². The zero-order chi connectivity index (χ0) is 17.4. The van der Waals surface area contributed by atoms with E-state index in [1.54, 1.807) is 13.8 Å². The van der Waals surface area contributed by atoms with Gasteiger partial charge in [-0.1, -0.05) is 19.9 Å². The monoisotopic (exact) mass is 311 g/mol. The molecule has 4 heteroatoms. The number of nitriles is 1. The number of esters is 1. The summed E-state index contributed by atoms with van der Waals surface area (Å²) in [6, 6.07) is 2.08. The number of ether oxygens (including phenoxy) is 1. The fourth-order valence-corrected chi connectivity index (χ4v) is 3.29. The van der Waals surface area contributed by atoms with Crippen LogP contribution in [0.5, 0.6) is 0 Å². The summed E-state index contributed by atoms with van der Waals surface area (Å²) in [4.78, 5) is 24.4. The minimum atomic E-state index is -0.503. The first-order valence-corrected chi connectivity index (χ1v) is 7.69. The average molecular weight is 311 g/mol. The molecule has 1 fully saturated rings. The van der Waals surface area contributed by atoms with E-state index in [1.165, 1.54) is 0 Å². The molecule has 2 rings (SSSR count). The van der Waals surface area contributed by atoms with Crippen LogP contribution in [-0.4, -0.2) is 17.9 Å². The number of nitrogens with zero attached hydrogens (tertiary/aromatic N) is 1. The molecule has 0 spiro atoms. The number of ketones is 1. The molecule has 1 saturated carbocycles. The number of hydrogen-bond acceptors (Lipinski definition) is 4. The van der Waals surface area contributed by atoms with Crippen molar-refractivity contribution in [2.45, 2.75) is 46.6 Å². The molecule has 0 heterocycles. The van der Waals surface area contributed by atoms with Crippen LogP contribution in [0.3, 0.4) is 0 Å². The topological polar surface area (TPSA) is 67.2 Å². The highest BCUT2D eigenvalue weighted by molar-refractivity contribution is 6.00. The summed E-state index contributed by atoms with van der Waals surface area (Å²) in [5, 5.41) is 8.89. The van der Waals surface area contributed by atoms with Crippen molar-refractivity contribution in [2.75, 3.05) is 0 Å². The number of Topliss-reactive ketones (excluding diaryl/α,β-unsaturated/α-hetero) is 1. The van der Waals surface area contributed by atoms with Gasteiger partial charge in [-0.2, -0.15) is 5.26 Å². The highest BCUT2D eigenvalue weighted by Crippen LogP contribution is 2.60. The second-order valence-electron chi connectivity index (χ2n) is 6.88. The molecule has 0 aliphatic heterocycles. The summed E-state index contributed by atoms with van der Waals surface area (Å²) in [6.45, 7) is 7.49. The highest BCUT2D eigenvalue weighted by Gasteiger charge is 2.62. The van der Waals surface area contributed by atoms with E-state index in [-0.39, 0.29) is 41.8 Å². The first-order chi connectivity index (χ1) is 10.7. The average Bonchev–Trinajstić information content (AvgIpc) is 2.92. The number of hydrogen-bond donors (Lipinski definition) is 0. The van der Waals surface area contributed by atoms with E-state index in [9.17, 15) is 9.59 Å². The fourth-order valence-electron chi connectivity index (χ4n) is 3.29. The SMILES string of the molecule is C#CCC1=C(C)[C@@H](OC(=O)[C@@H]2[C@@H](/C=C(/C)C#N)C2(C)C)CC1=O. The molecule has 23 heavy (non-hydrogen) atoms. The molecule has 0 aromatic carbocycles. The smallest absolute Gasteiger partial charge is 0.310 e. The Kier molecular flexibility index (Phi) is 4.48. The lowest BCUT2D eigenvalue weighted by Crippen LogP contribution is -2.20. The Morgan fingerprint density at radius 3 is 2.74 bits per heavy atom. The van der Waals surface area contributed by atoms with Gasteiger partial charge >= 0.3 is 5.97 Å². The third-order valence-electron chi connectivity index (χ3n) is 4.97. The minimum absolute atomic E-state index is 0.00113. The van der Waals surface area contributed by atoms with E-state index in [1.807, 2.05) is 19.9 Å². The van der Waals surface area contributed by atoms with Crippen LogP contribution in [0.15, 0.2) is 22.8 Å². The lowest BCUT2D eigenvalue weighted by Gasteiger charge is -2.13. The van der Waals surface area contributed by atoms with Crippen molar-refractivity contribution >= 4 is 11.8 Å². The lowest BCUT2D eigenvalue weighted by atomic mass is 10.1. The number of carbonyl (C=O) groups excluding carboxylic acids is 2. The number of carbonyl (C=O) groups is 2. The van der Waals surface area contributed by atoms with Crippen molar-refractivity contribution in [1.29, 1.82) is 5.26 Å². The number of terminal acetylenes is 1. The van der Waals surface area contributed by atoms with Gasteiger partial charge in [-0.25, -0.2) is 0 Å². The van der Waals surface area contributed by atoms with Crippen molar-refractivity contribution in [3.63, 3.8) is 0 Å². The summed E-state index contributed by atoms with van der Waals surface area (Å²) < 4.78 is 5.58. The summed E-state index contributed by atoms with van der Waals surface area (Å²) in [7, 11) is 0. The van der Waals surface area contributed by atoms with Gasteiger partial charge in [-0.05, 0) is 30.8 Å². The second-order valence-corrected chi connectivity index (χ2v) is 6.88.